The number of hydrogen-bond acceptors (Lipinski definition) is 10. The molecule has 0 aromatic heterocycles. The van der Waals surface area contributed by atoms with Crippen molar-refractivity contribution in [1.29, 1.82) is 5.26 Å². The van der Waals surface area contributed by atoms with Gasteiger partial charge < -0.3 is 34.1 Å². The number of fused-ring (bicyclic) bond motifs is 1. The monoisotopic (exact) mass is 515 g/mol. The van der Waals surface area contributed by atoms with Crippen LogP contribution in [0.25, 0.3) is 0 Å². The molecule has 0 amide bonds. The van der Waals surface area contributed by atoms with E-state index in [1.165, 1.54) is 46.6 Å². The highest BCUT2D eigenvalue weighted by atomic mass is 16.7. The molecule has 1 heterocycles. The van der Waals surface area contributed by atoms with Gasteiger partial charge in [0.25, 0.3) is 5.69 Å². The molecule has 0 saturated heterocycles. The molecular formula is C24H29N5O8. The first-order chi connectivity index (χ1) is 17.7. The average Bonchev–Trinajstić information content (AvgIpc) is 2.89. The van der Waals surface area contributed by atoms with Gasteiger partial charge in [0, 0.05) is 31.9 Å². The number of aliphatic hydroxyl groups excluding tert-OH is 1. The van der Waals surface area contributed by atoms with E-state index >= 15 is 0 Å². The second kappa shape index (κ2) is 11.7. The van der Waals surface area contributed by atoms with Gasteiger partial charge in [0.1, 0.15) is 11.9 Å². The topological polar surface area (TPSA) is 170 Å². The van der Waals surface area contributed by atoms with Crippen molar-refractivity contribution in [1.82, 2.24) is 10.6 Å². The Balaban J connectivity index is 2.01. The predicted octanol–water partition coefficient (Wildman–Crippen LogP) is 2.00. The van der Waals surface area contributed by atoms with Crippen molar-refractivity contribution in [3.8, 4) is 23.4 Å². The zero-order valence-electron chi connectivity index (χ0n) is 21.0. The lowest BCUT2D eigenvalue weighted by atomic mass is 9.84. The Morgan fingerprint density at radius 2 is 1.92 bits per heavy atom. The number of non-ortho nitro benzene ring substituents is 1. The molecule has 2 aromatic carbocycles. The Kier molecular flexibility index (Phi) is 8.72. The van der Waals surface area contributed by atoms with E-state index in [1.807, 2.05) is 6.19 Å². The first kappa shape index (κ1) is 27.5. The number of nitrogens with one attached hydrogen (secondary N) is 2. The number of nitro benzene ring substituents is 1. The minimum Gasteiger partial charge on any atom is -0.493 e. The normalized spacial score (nSPS) is 20.9. The lowest BCUT2D eigenvalue weighted by molar-refractivity contribution is -0.385. The minimum atomic E-state index is -1.43. The van der Waals surface area contributed by atoms with Crippen molar-refractivity contribution in [2.75, 3.05) is 28.4 Å². The maximum Gasteiger partial charge on any atom is 0.270 e. The molecule has 0 unspecified atom stereocenters. The number of benzene rings is 2. The summed E-state index contributed by atoms with van der Waals surface area (Å²) < 4.78 is 27.4. The molecule has 0 bridgehead atoms. The number of nitrogens with zero attached hydrogens (tertiary/aromatic N) is 3. The van der Waals surface area contributed by atoms with E-state index in [1.54, 1.807) is 25.1 Å². The summed E-state index contributed by atoms with van der Waals surface area (Å²) in [5.74, 6) is 1.36. The SMILES string of the molecule is COc1ccc(CN=C(NC#N)N[C@@H]2c3cc([N+](=O)[O-])ccc3O[C@](C)(C(OC)OC)[C@H]2O)cc1OC. The molecule has 198 valence electrons. The third-order valence-electron chi connectivity index (χ3n) is 6.00. The fraction of sp³-hybridized carbons (Fsp3) is 0.417. The van der Waals surface area contributed by atoms with Gasteiger partial charge in [-0.1, -0.05) is 6.07 Å². The van der Waals surface area contributed by atoms with Gasteiger partial charge in [0.05, 0.1) is 31.7 Å². The molecule has 3 N–H and O–H groups in total. The Hall–Kier alpha value is -4.12. The van der Waals surface area contributed by atoms with Crippen LogP contribution in [0.4, 0.5) is 5.69 Å². The molecule has 0 spiro atoms. The first-order valence-corrected chi connectivity index (χ1v) is 11.1. The van der Waals surface area contributed by atoms with Crippen molar-refractivity contribution in [3.05, 3.63) is 57.6 Å². The van der Waals surface area contributed by atoms with Crippen molar-refractivity contribution >= 4 is 11.6 Å². The maximum atomic E-state index is 11.4. The zero-order chi connectivity index (χ0) is 27.2. The number of hydrogen-bond donors (Lipinski definition) is 3. The van der Waals surface area contributed by atoms with Gasteiger partial charge in [-0.05, 0) is 30.7 Å². The molecule has 13 nitrogen and oxygen atoms in total. The van der Waals surface area contributed by atoms with Crippen molar-refractivity contribution in [2.24, 2.45) is 4.99 Å². The predicted molar refractivity (Wildman–Crippen MR) is 131 cm³/mol. The second-order valence-electron chi connectivity index (χ2n) is 8.23. The van der Waals surface area contributed by atoms with E-state index in [-0.39, 0.29) is 23.9 Å². The van der Waals surface area contributed by atoms with Gasteiger partial charge >= 0.3 is 0 Å². The van der Waals surface area contributed by atoms with Gasteiger partial charge in [0.15, 0.2) is 29.6 Å². The van der Waals surface area contributed by atoms with E-state index in [2.05, 4.69) is 15.6 Å². The summed E-state index contributed by atoms with van der Waals surface area (Å²) in [5.41, 5.74) is -0.574. The fourth-order valence-corrected chi connectivity index (χ4v) is 4.16. The summed E-state index contributed by atoms with van der Waals surface area (Å²) in [5, 5.41) is 37.6. The summed E-state index contributed by atoms with van der Waals surface area (Å²) in [6, 6.07) is 8.29. The quantitative estimate of drug-likeness (QED) is 0.0849. The number of aliphatic imine (C=N–C) groups is 1. The highest BCUT2D eigenvalue weighted by molar-refractivity contribution is 5.82. The Morgan fingerprint density at radius 1 is 1.22 bits per heavy atom. The molecular weight excluding hydrogens is 486 g/mol. The molecule has 13 heteroatoms. The summed E-state index contributed by atoms with van der Waals surface area (Å²) in [7, 11) is 5.84. The number of nitriles is 1. The Bertz CT molecular complexity index is 1200. The molecule has 3 rings (SSSR count). The van der Waals surface area contributed by atoms with Crippen molar-refractivity contribution in [3.63, 3.8) is 0 Å². The van der Waals surface area contributed by atoms with Crippen LogP contribution < -0.4 is 24.8 Å². The van der Waals surface area contributed by atoms with E-state index in [4.69, 9.17) is 23.7 Å². The van der Waals surface area contributed by atoms with Crippen LogP contribution in [0.15, 0.2) is 41.4 Å². The van der Waals surface area contributed by atoms with Gasteiger partial charge in [-0.2, -0.15) is 5.26 Å². The molecule has 1 aliphatic heterocycles. The molecule has 37 heavy (non-hydrogen) atoms. The van der Waals surface area contributed by atoms with Gasteiger partial charge in [0.2, 0.25) is 5.96 Å². The highest BCUT2D eigenvalue weighted by Crippen LogP contribution is 2.43. The third-order valence-corrected chi connectivity index (χ3v) is 6.00. The molecule has 0 aliphatic carbocycles. The van der Waals surface area contributed by atoms with Crippen molar-refractivity contribution < 1.29 is 33.7 Å². The van der Waals surface area contributed by atoms with Crippen molar-refractivity contribution in [2.45, 2.75) is 37.5 Å². The van der Waals surface area contributed by atoms with Crippen LogP contribution in [0.5, 0.6) is 17.2 Å². The summed E-state index contributed by atoms with van der Waals surface area (Å²) in [4.78, 5) is 15.3. The Labute approximate surface area is 213 Å². The van der Waals surface area contributed by atoms with E-state index < -0.39 is 29.0 Å². The van der Waals surface area contributed by atoms with Gasteiger partial charge in [-0.15, -0.1) is 0 Å². The number of methoxy groups -OCH3 is 4. The summed E-state index contributed by atoms with van der Waals surface area (Å²) >= 11 is 0. The van der Waals surface area contributed by atoms with E-state index in [0.717, 1.165) is 5.56 Å². The van der Waals surface area contributed by atoms with Crippen LogP contribution in [0.1, 0.15) is 24.1 Å². The minimum absolute atomic E-state index is 0.0226. The summed E-state index contributed by atoms with van der Waals surface area (Å²) in [6.45, 7) is 1.72. The Morgan fingerprint density at radius 3 is 2.51 bits per heavy atom. The number of ether oxygens (including phenoxy) is 5. The largest absolute Gasteiger partial charge is 0.493 e. The zero-order valence-corrected chi connectivity index (χ0v) is 21.0. The smallest absolute Gasteiger partial charge is 0.270 e. The second-order valence-corrected chi connectivity index (χ2v) is 8.23. The van der Waals surface area contributed by atoms with Crippen LogP contribution in [0.2, 0.25) is 0 Å². The molecule has 0 radical (unpaired) electrons. The number of nitro groups is 1. The number of guanidine groups is 1. The molecule has 0 fully saturated rings. The molecule has 1 aliphatic rings. The first-order valence-electron chi connectivity index (χ1n) is 11.1. The average molecular weight is 516 g/mol. The molecule has 2 aromatic rings. The van der Waals surface area contributed by atoms with Crippen LogP contribution in [-0.2, 0) is 16.0 Å². The van der Waals surface area contributed by atoms with Crippen LogP contribution in [0, 0.1) is 21.6 Å². The van der Waals surface area contributed by atoms with Gasteiger partial charge in [-0.3, -0.25) is 15.4 Å². The maximum absolute atomic E-state index is 11.4. The van der Waals surface area contributed by atoms with Crippen LogP contribution in [-0.4, -0.2) is 62.4 Å². The van der Waals surface area contributed by atoms with Crippen LogP contribution in [0.3, 0.4) is 0 Å². The molecule has 0 saturated carbocycles. The fourth-order valence-electron chi connectivity index (χ4n) is 4.16. The van der Waals surface area contributed by atoms with E-state index in [9.17, 15) is 20.5 Å². The number of aliphatic hydroxyl groups is 1. The summed E-state index contributed by atoms with van der Waals surface area (Å²) in [6.07, 6.45) is -0.532. The highest BCUT2D eigenvalue weighted by Gasteiger charge is 2.52. The van der Waals surface area contributed by atoms with E-state index in [0.29, 0.717) is 17.1 Å². The lowest BCUT2D eigenvalue weighted by Crippen LogP contribution is -2.62. The van der Waals surface area contributed by atoms with Crippen LogP contribution >= 0.6 is 0 Å². The third kappa shape index (κ3) is 5.67. The lowest BCUT2D eigenvalue weighted by Gasteiger charge is -2.46. The standard InChI is InChI=1S/C24H29N5O8/c1-24(22(35-4)36-5)21(30)20(16-11-15(29(31)32)7-9-17(16)37-24)28-23(27-13-25)26-12-14-6-8-18(33-2)19(10-14)34-3/h6-11,20-22,30H,12H2,1-5H3,(H2,26,27,28)/t20-,21+,24+/m1/s1. The molecule has 3 atom stereocenters. The number of rotatable bonds is 9. The van der Waals surface area contributed by atoms with Gasteiger partial charge in [-0.25, -0.2) is 4.99 Å².